The Bertz CT molecular complexity index is 1200. The summed E-state index contributed by atoms with van der Waals surface area (Å²) in [6.07, 6.45) is 3.00. The molecule has 0 saturated carbocycles. The molecule has 174 valence electrons. The van der Waals surface area contributed by atoms with Gasteiger partial charge in [0.05, 0.1) is 6.20 Å². The minimum Gasteiger partial charge on any atom is -0.474 e. The summed E-state index contributed by atoms with van der Waals surface area (Å²) in [7, 11) is -3.95. The van der Waals surface area contributed by atoms with Crippen LogP contribution in [0.3, 0.4) is 0 Å². The van der Waals surface area contributed by atoms with Crippen LogP contribution in [0.5, 0.6) is 5.88 Å². The third kappa shape index (κ3) is 5.66. The molecule has 2 aromatic heterocycles. The van der Waals surface area contributed by atoms with Crippen molar-refractivity contribution in [2.75, 3.05) is 17.8 Å². The fraction of sp³-hybridized carbons (Fsp3) is 0.333. The molecular formula is C24H27FN4O3S. The Hall–Kier alpha value is -3.04. The summed E-state index contributed by atoms with van der Waals surface area (Å²) >= 11 is 0. The molecule has 1 aliphatic heterocycles. The van der Waals surface area contributed by atoms with Gasteiger partial charge in [-0.15, -0.1) is 0 Å². The van der Waals surface area contributed by atoms with E-state index in [1.54, 1.807) is 6.92 Å². The maximum absolute atomic E-state index is 13.3. The van der Waals surface area contributed by atoms with Gasteiger partial charge in [-0.05, 0) is 50.5 Å². The van der Waals surface area contributed by atoms with E-state index < -0.39 is 16.0 Å². The molecule has 3 heterocycles. The number of likely N-dealkylation sites (tertiary alicyclic amines) is 1. The number of anilines is 1. The number of nitrogens with zero attached hydrogens (tertiary/aromatic N) is 3. The monoisotopic (exact) mass is 470 g/mol. The minimum absolute atomic E-state index is 0.0208. The third-order valence-corrected chi connectivity index (χ3v) is 7.18. The van der Waals surface area contributed by atoms with Crippen LogP contribution in [-0.4, -0.2) is 42.5 Å². The Morgan fingerprint density at radius 1 is 1.12 bits per heavy atom. The molecule has 0 radical (unpaired) electrons. The molecule has 0 bridgehead atoms. The first kappa shape index (κ1) is 23.1. The maximum Gasteiger partial charge on any atom is 0.264 e. The van der Waals surface area contributed by atoms with Crippen molar-refractivity contribution < 1.29 is 17.5 Å². The second kappa shape index (κ2) is 9.84. The van der Waals surface area contributed by atoms with E-state index in [1.165, 1.54) is 30.0 Å². The molecule has 7 nitrogen and oxygen atoms in total. The molecule has 1 saturated heterocycles. The number of sulfonamides is 1. The van der Waals surface area contributed by atoms with Crippen molar-refractivity contribution >= 4 is 15.8 Å². The molecule has 0 amide bonds. The van der Waals surface area contributed by atoms with Gasteiger partial charge in [-0.1, -0.05) is 36.4 Å². The second-order valence-corrected chi connectivity index (χ2v) is 9.87. The van der Waals surface area contributed by atoms with Crippen LogP contribution < -0.4 is 9.46 Å². The Morgan fingerprint density at radius 2 is 1.85 bits per heavy atom. The Labute approximate surface area is 193 Å². The normalized spacial score (nSPS) is 16.3. The van der Waals surface area contributed by atoms with Crippen LogP contribution in [0.4, 0.5) is 10.2 Å². The molecule has 1 N–H and O–H groups in total. The zero-order valence-electron chi connectivity index (χ0n) is 18.6. The lowest BCUT2D eigenvalue weighted by Crippen LogP contribution is -2.39. The molecule has 3 aromatic rings. The predicted octanol–water partition coefficient (Wildman–Crippen LogP) is 4.33. The quantitative estimate of drug-likeness (QED) is 0.518. The highest BCUT2D eigenvalue weighted by Gasteiger charge is 2.26. The zero-order chi connectivity index (χ0) is 23.4. The Balaban J connectivity index is 1.37. The number of hydrogen-bond donors (Lipinski definition) is 1. The average Bonchev–Trinajstić information content (AvgIpc) is 2.80. The lowest BCUT2D eigenvalue weighted by atomic mass is 10.0. The minimum atomic E-state index is -3.95. The van der Waals surface area contributed by atoms with Gasteiger partial charge in [-0.3, -0.25) is 9.62 Å². The molecule has 0 aliphatic carbocycles. The number of nitrogens with one attached hydrogen (secondary N) is 1. The first-order valence-corrected chi connectivity index (χ1v) is 12.4. The van der Waals surface area contributed by atoms with Crippen molar-refractivity contribution in [3.8, 4) is 5.88 Å². The molecule has 9 heteroatoms. The van der Waals surface area contributed by atoms with Gasteiger partial charge in [-0.25, -0.2) is 18.4 Å². The van der Waals surface area contributed by atoms with Gasteiger partial charge in [-0.2, -0.15) is 4.39 Å². The fourth-order valence-corrected chi connectivity index (χ4v) is 4.98. The van der Waals surface area contributed by atoms with Gasteiger partial charge in [0.15, 0.2) is 0 Å². The smallest absolute Gasteiger partial charge is 0.264 e. The summed E-state index contributed by atoms with van der Waals surface area (Å²) in [5, 5.41) is 0. The summed E-state index contributed by atoms with van der Waals surface area (Å²) in [5.41, 5.74) is 1.92. The van der Waals surface area contributed by atoms with Crippen LogP contribution in [0.1, 0.15) is 36.9 Å². The van der Waals surface area contributed by atoms with Crippen LogP contribution in [0.2, 0.25) is 0 Å². The predicted molar refractivity (Wildman–Crippen MR) is 124 cm³/mol. The molecule has 1 aromatic carbocycles. The molecule has 0 unspecified atom stereocenters. The lowest BCUT2D eigenvalue weighted by molar-refractivity contribution is 0.0763. The van der Waals surface area contributed by atoms with Crippen LogP contribution in [0.15, 0.2) is 65.7 Å². The number of benzene rings is 1. The number of hydrogen-bond acceptors (Lipinski definition) is 6. The second-order valence-electron chi connectivity index (χ2n) is 8.18. The zero-order valence-corrected chi connectivity index (χ0v) is 19.4. The number of pyridine rings is 2. The van der Waals surface area contributed by atoms with Crippen LogP contribution in [0.25, 0.3) is 0 Å². The van der Waals surface area contributed by atoms with Crippen LogP contribution in [-0.2, 0) is 10.0 Å². The van der Waals surface area contributed by atoms with Crippen molar-refractivity contribution in [1.82, 2.24) is 14.9 Å². The van der Waals surface area contributed by atoms with Crippen molar-refractivity contribution in [3.05, 3.63) is 77.9 Å². The summed E-state index contributed by atoms with van der Waals surface area (Å²) in [4.78, 5) is 10.2. The molecule has 4 rings (SSSR count). The van der Waals surface area contributed by atoms with Crippen LogP contribution >= 0.6 is 0 Å². The van der Waals surface area contributed by atoms with E-state index in [9.17, 15) is 12.8 Å². The number of rotatable bonds is 7. The SMILES string of the molecule is Cc1cc(S(=O)(=O)Nc2cccc(F)n2)cnc1OC1CCN([C@H](C)c2ccccc2)CC1. The van der Waals surface area contributed by atoms with Gasteiger partial charge in [0.25, 0.3) is 10.0 Å². The molecule has 0 spiro atoms. The molecule has 1 atom stereocenters. The average molecular weight is 471 g/mol. The Morgan fingerprint density at radius 3 is 2.52 bits per heavy atom. The van der Waals surface area contributed by atoms with Gasteiger partial charge in [0, 0.05) is 24.7 Å². The molecule has 1 fully saturated rings. The number of aryl methyl sites for hydroxylation is 1. The van der Waals surface area contributed by atoms with Crippen molar-refractivity contribution in [2.24, 2.45) is 0 Å². The molecule has 33 heavy (non-hydrogen) atoms. The summed E-state index contributed by atoms with van der Waals surface area (Å²) in [6, 6.07) is 16.2. The Kier molecular flexibility index (Phi) is 6.90. The summed E-state index contributed by atoms with van der Waals surface area (Å²) in [6.45, 7) is 5.80. The highest BCUT2D eigenvalue weighted by molar-refractivity contribution is 7.92. The highest BCUT2D eigenvalue weighted by atomic mass is 32.2. The van der Waals surface area contributed by atoms with E-state index >= 15 is 0 Å². The summed E-state index contributed by atoms with van der Waals surface area (Å²) < 4.78 is 46.9. The van der Waals surface area contributed by atoms with Crippen molar-refractivity contribution in [3.63, 3.8) is 0 Å². The van der Waals surface area contributed by atoms with E-state index in [0.29, 0.717) is 17.5 Å². The number of piperidine rings is 1. The van der Waals surface area contributed by atoms with Gasteiger partial charge >= 0.3 is 0 Å². The van der Waals surface area contributed by atoms with E-state index in [-0.39, 0.29) is 16.8 Å². The van der Waals surface area contributed by atoms with E-state index in [0.717, 1.165) is 32.0 Å². The lowest BCUT2D eigenvalue weighted by Gasteiger charge is -2.36. The van der Waals surface area contributed by atoms with Gasteiger partial charge < -0.3 is 4.74 Å². The van der Waals surface area contributed by atoms with Gasteiger partial charge in [0.2, 0.25) is 11.8 Å². The maximum atomic E-state index is 13.3. The number of ether oxygens (including phenoxy) is 1. The fourth-order valence-electron chi connectivity index (χ4n) is 3.95. The first-order chi connectivity index (χ1) is 15.8. The third-order valence-electron chi connectivity index (χ3n) is 5.85. The van der Waals surface area contributed by atoms with Crippen molar-refractivity contribution in [2.45, 2.75) is 43.7 Å². The topological polar surface area (TPSA) is 84.4 Å². The van der Waals surface area contributed by atoms with E-state index in [4.69, 9.17) is 4.74 Å². The standard InChI is InChI=1S/C24H27FN4O3S/c1-17-15-21(33(30,31)28-23-10-6-9-22(25)27-23)16-26-24(17)32-20-11-13-29(14-12-20)18(2)19-7-4-3-5-8-19/h3-10,15-16,18,20H,11-14H2,1-2H3,(H,27,28)/t18-/m1/s1. The summed E-state index contributed by atoms with van der Waals surface area (Å²) in [5.74, 6) is -0.436. The van der Waals surface area contributed by atoms with Crippen molar-refractivity contribution in [1.29, 1.82) is 0 Å². The number of halogens is 1. The highest BCUT2D eigenvalue weighted by Crippen LogP contribution is 2.27. The molecule has 1 aliphatic rings. The van der Waals surface area contributed by atoms with E-state index in [2.05, 4.69) is 50.8 Å². The van der Waals surface area contributed by atoms with Gasteiger partial charge in [0.1, 0.15) is 16.8 Å². The van der Waals surface area contributed by atoms with Crippen LogP contribution in [0, 0.1) is 12.9 Å². The molecular weight excluding hydrogens is 443 g/mol. The first-order valence-electron chi connectivity index (χ1n) is 10.9. The number of aromatic nitrogens is 2. The largest absolute Gasteiger partial charge is 0.474 e. The van der Waals surface area contributed by atoms with E-state index in [1.807, 2.05) is 6.07 Å².